The number of aliphatic hydroxyl groups excluding tert-OH is 1. The molecular formula is C33H39NO2. The predicted octanol–water partition coefficient (Wildman–Crippen LogP) is 7.29. The summed E-state index contributed by atoms with van der Waals surface area (Å²) in [5.41, 5.74) is 9.22. The van der Waals surface area contributed by atoms with E-state index < -0.39 is 0 Å². The van der Waals surface area contributed by atoms with Gasteiger partial charge < -0.3 is 14.7 Å². The van der Waals surface area contributed by atoms with E-state index in [-0.39, 0.29) is 11.5 Å². The Hall–Kier alpha value is -2.88. The standard InChI is InChI=1S/C33H39NO2/c1-33(2,3)27-16-14-24(15-17-27)30(35)12-8-20-34-21-18-25(19-22-34)32-28-10-5-4-9-26(28)23-36-31-13-7-6-11-29(31)32/h4-7,9-11,13-17,30,35H,8,12,18-23H2,1-3H3. The lowest BCUT2D eigenvalue weighted by Gasteiger charge is -2.30. The van der Waals surface area contributed by atoms with E-state index in [1.54, 1.807) is 0 Å². The number of piperidine rings is 1. The van der Waals surface area contributed by atoms with Crippen LogP contribution in [0.2, 0.25) is 0 Å². The van der Waals surface area contributed by atoms with Crippen LogP contribution in [0.1, 0.15) is 80.4 Å². The predicted molar refractivity (Wildman–Crippen MR) is 148 cm³/mol. The Labute approximate surface area is 216 Å². The van der Waals surface area contributed by atoms with Crippen molar-refractivity contribution in [3.8, 4) is 5.75 Å². The van der Waals surface area contributed by atoms with Gasteiger partial charge in [0.2, 0.25) is 0 Å². The molecule has 36 heavy (non-hydrogen) atoms. The molecular weight excluding hydrogens is 442 g/mol. The third-order valence-corrected chi connectivity index (χ3v) is 7.75. The summed E-state index contributed by atoms with van der Waals surface area (Å²) in [7, 11) is 0. The van der Waals surface area contributed by atoms with E-state index in [1.165, 1.54) is 33.4 Å². The van der Waals surface area contributed by atoms with E-state index in [1.807, 2.05) is 0 Å². The molecule has 1 N–H and O–H groups in total. The highest BCUT2D eigenvalue weighted by molar-refractivity contribution is 5.87. The fourth-order valence-electron chi connectivity index (χ4n) is 5.55. The monoisotopic (exact) mass is 481 g/mol. The zero-order valence-corrected chi connectivity index (χ0v) is 22.0. The van der Waals surface area contributed by atoms with Crippen LogP contribution in [0.5, 0.6) is 5.75 Å². The smallest absolute Gasteiger partial charge is 0.127 e. The number of benzene rings is 3. The summed E-state index contributed by atoms with van der Waals surface area (Å²) in [6, 6.07) is 25.7. The van der Waals surface area contributed by atoms with Crippen LogP contribution >= 0.6 is 0 Å². The largest absolute Gasteiger partial charge is 0.488 e. The van der Waals surface area contributed by atoms with Gasteiger partial charge in [-0.25, -0.2) is 0 Å². The van der Waals surface area contributed by atoms with Crippen LogP contribution in [-0.2, 0) is 12.0 Å². The maximum Gasteiger partial charge on any atom is 0.127 e. The summed E-state index contributed by atoms with van der Waals surface area (Å²) in [5.74, 6) is 0.989. The third-order valence-electron chi connectivity index (χ3n) is 7.75. The van der Waals surface area contributed by atoms with Gasteiger partial charge in [0.05, 0.1) is 6.10 Å². The van der Waals surface area contributed by atoms with Gasteiger partial charge in [0, 0.05) is 18.7 Å². The topological polar surface area (TPSA) is 32.7 Å². The molecule has 0 bridgehead atoms. The maximum absolute atomic E-state index is 10.7. The van der Waals surface area contributed by atoms with Gasteiger partial charge in [-0.2, -0.15) is 0 Å². The molecule has 188 valence electrons. The summed E-state index contributed by atoms with van der Waals surface area (Å²) >= 11 is 0. The van der Waals surface area contributed by atoms with Crippen molar-refractivity contribution in [2.45, 2.75) is 64.6 Å². The van der Waals surface area contributed by atoms with E-state index in [0.717, 1.165) is 56.6 Å². The van der Waals surface area contributed by atoms with Gasteiger partial charge in [-0.05, 0) is 71.5 Å². The molecule has 1 atom stereocenters. The molecule has 0 radical (unpaired) electrons. The van der Waals surface area contributed by atoms with Crippen LogP contribution in [0.3, 0.4) is 0 Å². The number of fused-ring (bicyclic) bond motifs is 2. The second-order valence-corrected chi connectivity index (χ2v) is 11.3. The van der Waals surface area contributed by atoms with Gasteiger partial charge in [0.15, 0.2) is 0 Å². The van der Waals surface area contributed by atoms with Crippen molar-refractivity contribution in [3.63, 3.8) is 0 Å². The first kappa shape index (κ1) is 24.8. The van der Waals surface area contributed by atoms with Crippen molar-refractivity contribution in [1.82, 2.24) is 4.90 Å². The fraction of sp³-hybridized carbons (Fsp3) is 0.394. The lowest BCUT2D eigenvalue weighted by Crippen LogP contribution is -2.32. The molecule has 2 aliphatic rings. The molecule has 0 spiro atoms. The average molecular weight is 482 g/mol. The average Bonchev–Trinajstić information content (AvgIpc) is 3.06. The van der Waals surface area contributed by atoms with Crippen LogP contribution in [0.25, 0.3) is 5.57 Å². The molecule has 0 aromatic heterocycles. The van der Waals surface area contributed by atoms with Crippen molar-refractivity contribution in [3.05, 3.63) is 106 Å². The molecule has 3 aromatic rings. The molecule has 2 aliphatic heterocycles. The fourth-order valence-corrected chi connectivity index (χ4v) is 5.55. The number of likely N-dealkylation sites (tertiary alicyclic amines) is 1. The molecule has 0 amide bonds. The Morgan fingerprint density at radius 1 is 0.861 bits per heavy atom. The maximum atomic E-state index is 10.7. The molecule has 1 fully saturated rings. The number of ether oxygens (including phenoxy) is 1. The molecule has 3 heteroatoms. The molecule has 2 heterocycles. The summed E-state index contributed by atoms with van der Waals surface area (Å²) in [6.45, 7) is 10.5. The molecule has 0 saturated carbocycles. The second-order valence-electron chi connectivity index (χ2n) is 11.3. The highest BCUT2D eigenvalue weighted by Gasteiger charge is 2.24. The zero-order chi connectivity index (χ0) is 25.1. The van der Waals surface area contributed by atoms with Gasteiger partial charge in [-0.15, -0.1) is 0 Å². The van der Waals surface area contributed by atoms with Crippen molar-refractivity contribution in [2.24, 2.45) is 0 Å². The van der Waals surface area contributed by atoms with Crippen molar-refractivity contribution >= 4 is 5.57 Å². The van der Waals surface area contributed by atoms with Crippen LogP contribution in [-0.4, -0.2) is 29.6 Å². The van der Waals surface area contributed by atoms with Crippen LogP contribution < -0.4 is 4.74 Å². The minimum atomic E-state index is -0.388. The van der Waals surface area contributed by atoms with Gasteiger partial charge in [0.1, 0.15) is 12.4 Å². The first-order chi connectivity index (χ1) is 17.4. The van der Waals surface area contributed by atoms with Gasteiger partial charge in [0.25, 0.3) is 0 Å². The zero-order valence-electron chi connectivity index (χ0n) is 22.0. The summed E-state index contributed by atoms with van der Waals surface area (Å²) in [6.07, 6.45) is 3.58. The van der Waals surface area contributed by atoms with Crippen LogP contribution in [0.15, 0.2) is 78.4 Å². The number of nitrogens with zero attached hydrogens (tertiary/aromatic N) is 1. The summed E-state index contributed by atoms with van der Waals surface area (Å²) < 4.78 is 6.18. The Balaban J connectivity index is 1.22. The summed E-state index contributed by atoms with van der Waals surface area (Å²) in [5, 5.41) is 10.7. The normalized spacial score (nSPS) is 17.1. The minimum Gasteiger partial charge on any atom is -0.488 e. The Kier molecular flexibility index (Phi) is 7.32. The van der Waals surface area contributed by atoms with Gasteiger partial charge in [-0.3, -0.25) is 0 Å². The van der Waals surface area contributed by atoms with Crippen LogP contribution in [0, 0.1) is 0 Å². The molecule has 1 unspecified atom stereocenters. The van der Waals surface area contributed by atoms with E-state index in [2.05, 4.69) is 98.5 Å². The highest BCUT2D eigenvalue weighted by Crippen LogP contribution is 2.40. The quantitative estimate of drug-likeness (QED) is 0.415. The molecule has 1 saturated heterocycles. The minimum absolute atomic E-state index is 0.139. The van der Waals surface area contributed by atoms with Gasteiger partial charge in [-0.1, -0.05) is 93.1 Å². The Morgan fingerprint density at radius 2 is 1.53 bits per heavy atom. The first-order valence-corrected chi connectivity index (χ1v) is 13.4. The number of hydrogen-bond acceptors (Lipinski definition) is 3. The number of aliphatic hydroxyl groups is 1. The summed E-state index contributed by atoms with van der Waals surface area (Å²) in [4.78, 5) is 2.56. The molecule has 3 aromatic carbocycles. The van der Waals surface area contributed by atoms with Gasteiger partial charge >= 0.3 is 0 Å². The number of hydrogen-bond donors (Lipinski definition) is 1. The number of para-hydroxylation sites is 1. The lowest BCUT2D eigenvalue weighted by molar-refractivity contribution is 0.153. The van der Waals surface area contributed by atoms with E-state index in [0.29, 0.717) is 6.61 Å². The third kappa shape index (κ3) is 5.43. The van der Waals surface area contributed by atoms with E-state index in [9.17, 15) is 5.11 Å². The van der Waals surface area contributed by atoms with E-state index in [4.69, 9.17) is 4.74 Å². The van der Waals surface area contributed by atoms with E-state index >= 15 is 0 Å². The highest BCUT2D eigenvalue weighted by atomic mass is 16.5. The van der Waals surface area contributed by atoms with Crippen molar-refractivity contribution < 1.29 is 9.84 Å². The number of rotatable bonds is 5. The SMILES string of the molecule is CC(C)(C)c1ccc(C(O)CCCN2CCC(=C3c4ccccc4COc4ccccc43)CC2)cc1. The molecule has 0 aliphatic carbocycles. The van der Waals surface area contributed by atoms with Crippen molar-refractivity contribution in [2.75, 3.05) is 19.6 Å². The first-order valence-electron chi connectivity index (χ1n) is 13.4. The lowest BCUT2D eigenvalue weighted by atomic mass is 9.86. The Bertz CT molecular complexity index is 1160. The Morgan fingerprint density at radius 3 is 2.25 bits per heavy atom. The molecule has 3 nitrogen and oxygen atoms in total. The van der Waals surface area contributed by atoms with Crippen molar-refractivity contribution in [1.29, 1.82) is 0 Å². The molecule has 5 rings (SSSR count). The van der Waals surface area contributed by atoms with Crippen LogP contribution in [0.4, 0.5) is 0 Å². The second kappa shape index (κ2) is 10.6.